The van der Waals surface area contributed by atoms with E-state index in [4.69, 9.17) is 17.3 Å². The van der Waals surface area contributed by atoms with Gasteiger partial charge in [0.05, 0.1) is 6.10 Å². The normalized spacial score (nSPS) is 14.0. The predicted molar refractivity (Wildman–Crippen MR) is 74.5 cm³/mol. The molecule has 2 rings (SSSR count). The van der Waals surface area contributed by atoms with Crippen LogP contribution in [-0.4, -0.2) is 11.7 Å². The lowest BCUT2D eigenvalue weighted by atomic mass is 9.89. The van der Waals surface area contributed by atoms with Crippen molar-refractivity contribution in [2.75, 3.05) is 6.54 Å². The van der Waals surface area contributed by atoms with Gasteiger partial charge in [0.1, 0.15) is 17.5 Å². The lowest BCUT2D eigenvalue weighted by Gasteiger charge is -2.23. The van der Waals surface area contributed by atoms with Crippen LogP contribution in [-0.2, 0) is 0 Å². The van der Waals surface area contributed by atoms with E-state index in [1.807, 2.05) is 0 Å². The second-order valence-electron chi connectivity index (χ2n) is 4.62. The van der Waals surface area contributed by atoms with Gasteiger partial charge in [-0.3, -0.25) is 0 Å². The van der Waals surface area contributed by atoms with Gasteiger partial charge >= 0.3 is 0 Å². The fourth-order valence-corrected chi connectivity index (χ4v) is 2.47. The first kappa shape index (κ1) is 15.8. The Balaban J connectivity index is 2.40. The van der Waals surface area contributed by atoms with Crippen LogP contribution in [0.5, 0.6) is 0 Å². The van der Waals surface area contributed by atoms with Gasteiger partial charge in [-0.25, -0.2) is 13.2 Å². The molecule has 0 amide bonds. The van der Waals surface area contributed by atoms with Crippen molar-refractivity contribution < 1.29 is 18.3 Å². The number of hydrogen-bond donors (Lipinski definition) is 2. The van der Waals surface area contributed by atoms with Crippen LogP contribution >= 0.6 is 11.6 Å². The van der Waals surface area contributed by atoms with Crippen LogP contribution in [0.25, 0.3) is 0 Å². The summed E-state index contributed by atoms with van der Waals surface area (Å²) in [6.07, 6.45) is -1.23. The summed E-state index contributed by atoms with van der Waals surface area (Å²) >= 11 is 5.88. The molecule has 112 valence electrons. The highest BCUT2D eigenvalue weighted by atomic mass is 35.5. The monoisotopic (exact) mass is 315 g/mol. The van der Waals surface area contributed by atoms with E-state index in [9.17, 15) is 18.3 Å². The van der Waals surface area contributed by atoms with Crippen molar-refractivity contribution in [1.29, 1.82) is 0 Å². The van der Waals surface area contributed by atoms with Crippen molar-refractivity contribution in [1.82, 2.24) is 0 Å². The number of halogens is 4. The van der Waals surface area contributed by atoms with Crippen LogP contribution in [0.3, 0.4) is 0 Å². The Morgan fingerprint density at radius 2 is 1.57 bits per heavy atom. The van der Waals surface area contributed by atoms with Crippen LogP contribution in [0, 0.1) is 17.5 Å². The minimum absolute atomic E-state index is 0.0171. The number of benzene rings is 2. The van der Waals surface area contributed by atoms with Crippen LogP contribution in [0.1, 0.15) is 23.1 Å². The van der Waals surface area contributed by atoms with Crippen LogP contribution < -0.4 is 5.73 Å². The van der Waals surface area contributed by atoms with Crippen molar-refractivity contribution in [2.45, 2.75) is 12.0 Å². The van der Waals surface area contributed by atoms with Gasteiger partial charge in [-0.2, -0.15) is 0 Å². The average molecular weight is 316 g/mol. The Kier molecular flexibility index (Phi) is 4.88. The van der Waals surface area contributed by atoms with E-state index in [0.717, 1.165) is 24.3 Å². The number of aliphatic hydroxyl groups is 1. The molecule has 21 heavy (non-hydrogen) atoms. The molecule has 0 aliphatic rings. The highest BCUT2D eigenvalue weighted by Crippen LogP contribution is 2.35. The second kappa shape index (κ2) is 6.47. The fourth-order valence-electron chi connectivity index (χ4n) is 2.19. The summed E-state index contributed by atoms with van der Waals surface area (Å²) in [6.45, 7) is -0.0859. The molecular formula is C15H13ClF3NO. The molecule has 0 spiro atoms. The molecule has 0 fully saturated rings. The summed E-state index contributed by atoms with van der Waals surface area (Å²) in [4.78, 5) is 0. The Morgan fingerprint density at radius 3 is 2.10 bits per heavy atom. The molecule has 2 aromatic rings. The molecule has 0 radical (unpaired) electrons. The zero-order valence-electron chi connectivity index (χ0n) is 10.9. The minimum Gasteiger partial charge on any atom is -0.388 e. The summed E-state index contributed by atoms with van der Waals surface area (Å²) < 4.78 is 39.8. The SMILES string of the molecule is NCC(c1ccc(F)cc1F)C(O)c1ccc(F)cc1Cl. The van der Waals surface area contributed by atoms with Crippen molar-refractivity contribution in [3.05, 3.63) is 70.0 Å². The van der Waals surface area contributed by atoms with Crippen molar-refractivity contribution in [3.8, 4) is 0 Å². The molecule has 0 aliphatic heterocycles. The Hall–Kier alpha value is -1.56. The number of hydrogen-bond acceptors (Lipinski definition) is 2. The van der Waals surface area contributed by atoms with E-state index < -0.39 is 29.5 Å². The third-order valence-corrected chi connectivity index (χ3v) is 3.61. The molecule has 0 aliphatic carbocycles. The van der Waals surface area contributed by atoms with Crippen LogP contribution in [0.2, 0.25) is 5.02 Å². The van der Waals surface area contributed by atoms with E-state index in [2.05, 4.69) is 0 Å². The van der Waals surface area contributed by atoms with E-state index in [1.54, 1.807) is 0 Å². The highest BCUT2D eigenvalue weighted by Gasteiger charge is 2.26. The summed E-state index contributed by atoms with van der Waals surface area (Å²) in [5, 5.41) is 10.4. The Bertz CT molecular complexity index is 651. The van der Waals surface area contributed by atoms with Crippen LogP contribution in [0.4, 0.5) is 13.2 Å². The predicted octanol–water partition coefficient (Wildman–Crippen LogP) is 3.53. The maximum atomic E-state index is 13.8. The van der Waals surface area contributed by atoms with Gasteiger partial charge in [0.25, 0.3) is 0 Å². The van der Waals surface area contributed by atoms with Crippen molar-refractivity contribution >= 4 is 11.6 Å². The quantitative estimate of drug-likeness (QED) is 0.906. The topological polar surface area (TPSA) is 46.2 Å². The van der Waals surface area contributed by atoms with Gasteiger partial charge in [0, 0.05) is 23.6 Å². The van der Waals surface area contributed by atoms with E-state index in [1.165, 1.54) is 12.1 Å². The van der Waals surface area contributed by atoms with Crippen molar-refractivity contribution in [2.24, 2.45) is 5.73 Å². The largest absolute Gasteiger partial charge is 0.388 e. The number of aliphatic hydroxyl groups excluding tert-OH is 1. The lowest BCUT2D eigenvalue weighted by Crippen LogP contribution is -2.21. The molecule has 2 aromatic carbocycles. The Morgan fingerprint density at radius 1 is 1.00 bits per heavy atom. The van der Waals surface area contributed by atoms with Gasteiger partial charge in [-0.15, -0.1) is 0 Å². The smallest absolute Gasteiger partial charge is 0.129 e. The van der Waals surface area contributed by atoms with Gasteiger partial charge in [-0.05, 0) is 29.3 Å². The molecule has 6 heteroatoms. The molecule has 2 atom stereocenters. The van der Waals surface area contributed by atoms with Gasteiger partial charge in [-0.1, -0.05) is 23.7 Å². The molecule has 3 N–H and O–H groups in total. The second-order valence-corrected chi connectivity index (χ2v) is 5.03. The lowest BCUT2D eigenvalue weighted by molar-refractivity contribution is 0.145. The van der Waals surface area contributed by atoms with Gasteiger partial charge in [0.2, 0.25) is 0 Å². The van der Waals surface area contributed by atoms with Crippen LogP contribution in [0.15, 0.2) is 36.4 Å². The molecule has 0 saturated heterocycles. The van der Waals surface area contributed by atoms with Crippen molar-refractivity contribution in [3.63, 3.8) is 0 Å². The molecular weight excluding hydrogens is 303 g/mol. The van der Waals surface area contributed by atoms with Gasteiger partial charge in [0.15, 0.2) is 0 Å². The fraction of sp³-hybridized carbons (Fsp3) is 0.200. The first-order valence-corrected chi connectivity index (χ1v) is 6.60. The molecule has 2 unspecified atom stereocenters. The first-order valence-electron chi connectivity index (χ1n) is 6.22. The summed E-state index contributed by atoms with van der Waals surface area (Å²) in [6, 6.07) is 6.53. The zero-order chi connectivity index (χ0) is 15.6. The third kappa shape index (κ3) is 3.37. The zero-order valence-corrected chi connectivity index (χ0v) is 11.6. The number of nitrogens with two attached hydrogens (primary N) is 1. The van der Waals surface area contributed by atoms with E-state index in [-0.39, 0.29) is 22.7 Å². The summed E-state index contributed by atoms with van der Waals surface area (Å²) in [7, 11) is 0. The molecule has 0 saturated carbocycles. The Labute approximate surface area is 125 Å². The highest BCUT2D eigenvalue weighted by molar-refractivity contribution is 6.31. The van der Waals surface area contributed by atoms with E-state index >= 15 is 0 Å². The minimum atomic E-state index is -1.23. The maximum absolute atomic E-state index is 13.8. The molecule has 0 heterocycles. The summed E-state index contributed by atoms with van der Waals surface area (Å²) in [5.41, 5.74) is 5.90. The average Bonchev–Trinajstić information content (AvgIpc) is 2.41. The third-order valence-electron chi connectivity index (χ3n) is 3.28. The van der Waals surface area contributed by atoms with Gasteiger partial charge < -0.3 is 10.8 Å². The molecule has 2 nitrogen and oxygen atoms in total. The first-order chi connectivity index (χ1) is 9.93. The number of rotatable bonds is 4. The standard InChI is InChI=1S/C15H13ClF3NO/c16-13-5-8(17)2-4-11(13)15(21)12(7-20)10-3-1-9(18)6-14(10)19/h1-6,12,15,21H,7,20H2. The molecule has 0 bridgehead atoms. The molecule has 0 aromatic heterocycles. The maximum Gasteiger partial charge on any atom is 0.129 e. The summed E-state index contributed by atoms with van der Waals surface area (Å²) in [5.74, 6) is -2.90. The van der Waals surface area contributed by atoms with E-state index in [0.29, 0.717) is 0 Å².